The van der Waals surface area contributed by atoms with Gasteiger partial charge in [0.25, 0.3) is 0 Å². The molecule has 0 atom stereocenters. The van der Waals surface area contributed by atoms with Gasteiger partial charge in [0.15, 0.2) is 11.6 Å². The highest BCUT2D eigenvalue weighted by Crippen LogP contribution is 2.20. The van der Waals surface area contributed by atoms with Crippen molar-refractivity contribution < 1.29 is 5.11 Å². The van der Waals surface area contributed by atoms with Crippen LogP contribution in [0.2, 0.25) is 0 Å². The Kier molecular flexibility index (Phi) is 4.10. The second-order valence-electron chi connectivity index (χ2n) is 6.03. The molecule has 7 heteroatoms. The Bertz CT molecular complexity index is 974. The van der Waals surface area contributed by atoms with Gasteiger partial charge in [-0.15, -0.1) is 0 Å². The standard InChI is InChI=1S/C19H18N6O/c1-24-13-16(9-22-24)18-6-3-7-25(23-18)12-14-4-2-5-15(8-14)19-20-10-17(26)11-21-19/h2-11,13,23,26H,12H2,1H3. The fourth-order valence-corrected chi connectivity index (χ4v) is 2.76. The molecule has 2 aromatic heterocycles. The van der Waals surface area contributed by atoms with E-state index in [1.54, 1.807) is 4.68 Å². The molecule has 0 spiro atoms. The van der Waals surface area contributed by atoms with E-state index in [1.807, 2.05) is 61.0 Å². The van der Waals surface area contributed by atoms with Crippen molar-refractivity contribution in [3.63, 3.8) is 0 Å². The summed E-state index contributed by atoms with van der Waals surface area (Å²) in [6.07, 6.45) is 12.6. The van der Waals surface area contributed by atoms with E-state index in [1.165, 1.54) is 12.4 Å². The number of hydrogen-bond acceptors (Lipinski definition) is 6. The van der Waals surface area contributed by atoms with Crippen molar-refractivity contribution in [3.8, 4) is 17.1 Å². The first-order chi connectivity index (χ1) is 12.7. The van der Waals surface area contributed by atoms with Crippen LogP contribution in [0.3, 0.4) is 0 Å². The summed E-state index contributed by atoms with van der Waals surface area (Å²) in [6.45, 7) is 0.681. The van der Waals surface area contributed by atoms with Gasteiger partial charge < -0.3 is 5.11 Å². The molecule has 26 heavy (non-hydrogen) atoms. The maximum Gasteiger partial charge on any atom is 0.159 e. The van der Waals surface area contributed by atoms with Crippen LogP contribution in [0.5, 0.6) is 5.75 Å². The lowest BCUT2D eigenvalue weighted by Gasteiger charge is -2.26. The molecular weight excluding hydrogens is 328 g/mol. The Labute approximate surface area is 150 Å². The zero-order valence-electron chi connectivity index (χ0n) is 14.2. The number of nitrogens with one attached hydrogen (secondary N) is 1. The average Bonchev–Trinajstić information content (AvgIpc) is 3.09. The van der Waals surface area contributed by atoms with E-state index in [0.717, 1.165) is 22.4 Å². The molecule has 4 rings (SSSR count). The quantitative estimate of drug-likeness (QED) is 0.755. The van der Waals surface area contributed by atoms with Gasteiger partial charge in [-0.2, -0.15) is 5.10 Å². The van der Waals surface area contributed by atoms with Crippen molar-refractivity contribution in [1.82, 2.24) is 30.2 Å². The van der Waals surface area contributed by atoms with Crippen molar-refractivity contribution in [1.29, 1.82) is 0 Å². The number of nitrogens with zero attached hydrogens (tertiary/aromatic N) is 5. The van der Waals surface area contributed by atoms with Gasteiger partial charge in [0.1, 0.15) is 0 Å². The SMILES string of the molecule is Cn1cc(C2=CC=CN(Cc3cccc(-c4ncc(O)cn4)c3)N2)cn1. The maximum absolute atomic E-state index is 9.34. The summed E-state index contributed by atoms with van der Waals surface area (Å²) in [5.74, 6) is 0.644. The van der Waals surface area contributed by atoms with Gasteiger partial charge in [0, 0.05) is 30.6 Å². The van der Waals surface area contributed by atoms with Crippen LogP contribution in [0.25, 0.3) is 17.1 Å². The number of aromatic hydroxyl groups is 1. The van der Waals surface area contributed by atoms with E-state index in [9.17, 15) is 5.11 Å². The van der Waals surface area contributed by atoms with Crippen LogP contribution in [0.1, 0.15) is 11.1 Å². The first-order valence-electron chi connectivity index (χ1n) is 8.18. The number of benzene rings is 1. The summed E-state index contributed by atoms with van der Waals surface area (Å²) in [4.78, 5) is 8.34. The fourth-order valence-electron chi connectivity index (χ4n) is 2.76. The Balaban J connectivity index is 1.49. The predicted molar refractivity (Wildman–Crippen MR) is 98.1 cm³/mol. The number of aryl methyl sites for hydroxylation is 1. The molecule has 130 valence electrons. The average molecular weight is 346 g/mol. The molecular formula is C19H18N6O. The molecule has 0 aliphatic carbocycles. The van der Waals surface area contributed by atoms with Crippen LogP contribution < -0.4 is 5.43 Å². The summed E-state index contributed by atoms with van der Waals surface area (Å²) in [5, 5.41) is 15.6. The van der Waals surface area contributed by atoms with Gasteiger partial charge in [0.05, 0.1) is 30.8 Å². The van der Waals surface area contributed by atoms with Crippen LogP contribution in [-0.2, 0) is 13.6 Å². The van der Waals surface area contributed by atoms with Crippen molar-refractivity contribution in [2.24, 2.45) is 7.05 Å². The third-order valence-electron chi connectivity index (χ3n) is 3.99. The minimum absolute atomic E-state index is 0.0577. The van der Waals surface area contributed by atoms with Crippen LogP contribution in [0.15, 0.2) is 67.4 Å². The van der Waals surface area contributed by atoms with Crippen molar-refractivity contribution >= 4 is 5.70 Å². The first kappa shape index (κ1) is 15.9. The third kappa shape index (κ3) is 3.41. The molecule has 1 aliphatic rings. The van der Waals surface area contributed by atoms with Gasteiger partial charge >= 0.3 is 0 Å². The molecule has 1 aliphatic heterocycles. The number of hydrogen-bond donors (Lipinski definition) is 2. The molecule has 3 aromatic rings. The van der Waals surface area contributed by atoms with Crippen LogP contribution in [0, 0.1) is 0 Å². The second-order valence-corrected chi connectivity index (χ2v) is 6.03. The largest absolute Gasteiger partial charge is 0.505 e. The van der Waals surface area contributed by atoms with E-state index < -0.39 is 0 Å². The van der Waals surface area contributed by atoms with E-state index in [-0.39, 0.29) is 5.75 Å². The highest BCUT2D eigenvalue weighted by Gasteiger charge is 2.11. The van der Waals surface area contributed by atoms with Crippen molar-refractivity contribution in [2.75, 3.05) is 0 Å². The summed E-state index contributed by atoms with van der Waals surface area (Å²) in [6, 6.07) is 8.04. The lowest BCUT2D eigenvalue weighted by molar-refractivity contribution is 0.313. The molecule has 0 amide bonds. The van der Waals surface area contributed by atoms with Gasteiger partial charge in [-0.1, -0.05) is 18.2 Å². The maximum atomic E-state index is 9.34. The topological polar surface area (TPSA) is 79.1 Å². The first-order valence-corrected chi connectivity index (χ1v) is 8.18. The van der Waals surface area contributed by atoms with Crippen LogP contribution >= 0.6 is 0 Å². The molecule has 0 radical (unpaired) electrons. The molecule has 3 heterocycles. The van der Waals surface area contributed by atoms with Gasteiger partial charge in [-0.25, -0.2) is 9.97 Å². The molecule has 0 fully saturated rings. The monoisotopic (exact) mass is 346 g/mol. The number of aromatic nitrogens is 4. The Morgan fingerprint density at radius 2 is 1.96 bits per heavy atom. The normalized spacial score (nSPS) is 13.4. The number of hydrazine groups is 1. The number of allylic oxidation sites excluding steroid dienone is 2. The highest BCUT2D eigenvalue weighted by atomic mass is 16.3. The third-order valence-corrected chi connectivity index (χ3v) is 3.99. The van der Waals surface area contributed by atoms with Crippen molar-refractivity contribution in [2.45, 2.75) is 6.54 Å². The summed E-state index contributed by atoms with van der Waals surface area (Å²) >= 11 is 0. The van der Waals surface area contributed by atoms with Crippen LogP contribution in [-0.4, -0.2) is 29.9 Å². The van der Waals surface area contributed by atoms with E-state index in [2.05, 4.69) is 26.6 Å². The fraction of sp³-hybridized carbons (Fsp3) is 0.105. The van der Waals surface area contributed by atoms with E-state index >= 15 is 0 Å². The predicted octanol–water partition coefficient (Wildman–Crippen LogP) is 2.46. The van der Waals surface area contributed by atoms with Gasteiger partial charge in [0.2, 0.25) is 0 Å². The summed E-state index contributed by atoms with van der Waals surface area (Å²) < 4.78 is 1.78. The Morgan fingerprint density at radius 3 is 2.73 bits per heavy atom. The van der Waals surface area contributed by atoms with Gasteiger partial charge in [-0.05, 0) is 23.8 Å². The lowest BCUT2D eigenvalue weighted by atomic mass is 10.1. The molecule has 2 N–H and O–H groups in total. The zero-order valence-corrected chi connectivity index (χ0v) is 14.2. The minimum Gasteiger partial charge on any atom is -0.505 e. The summed E-state index contributed by atoms with van der Waals surface area (Å²) in [5.41, 5.74) is 7.45. The second kappa shape index (κ2) is 6.72. The van der Waals surface area contributed by atoms with E-state index in [0.29, 0.717) is 12.4 Å². The molecule has 0 bridgehead atoms. The lowest BCUT2D eigenvalue weighted by Crippen LogP contribution is -2.33. The number of rotatable bonds is 4. The molecule has 1 aromatic carbocycles. The molecule has 0 saturated heterocycles. The summed E-state index contributed by atoms with van der Waals surface area (Å²) in [7, 11) is 1.90. The van der Waals surface area contributed by atoms with E-state index in [4.69, 9.17) is 0 Å². The van der Waals surface area contributed by atoms with Crippen molar-refractivity contribution in [3.05, 3.63) is 78.5 Å². The molecule has 0 unspecified atom stereocenters. The molecule has 7 nitrogen and oxygen atoms in total. The Hall–Kier alpha value is -3.61. The highest BCUT2D eigenvalue weighted by molar-refractivity contribution is 5.65. The van der Waals surface area contributed by atoms with Gasteiger partial charge in [-0.3, -0.25) is 15.1 Å². The smallest absolute Gasteiger partial charge is 0.159 e. The minimum atomic E-state index is 0.0577. The zero-order chi connectivity index (χ0) is 17.9. The molecule has 0 saturated carbocycles. The van der Waals surface area contributed by atoms with Crippen LogP contribution in [0.4, 0.5) is 0 Å². The Morgan fingerprint density at radius 1 is 1.12 bits per heavy atom.